The standard InChI is InChI=1S/C13H17N3O2/c1-9(2)10(3)8-15-12-5-4-11(7-14)13(6-12)16(17)18/h4-6,9-10,15H,8H2,1-3H3. The van der Waals surface area contributed by atoms with Gasteiger partial charge in [-0.15, -0.1) is 0 Å². The van der Waals surface area contributed by atoms with Crippen LogP contribution in [0.5, 0.6) is 0 Å². The number of benzene rings is 1. The molecule has 18 heavy (non-hydrogen) atoms. The van der Waals surface area contributed by atoms with Gasteiger partial charge in [0.05, 0.1) is 4.92 Å². The third kappa shape index (κ3) is 3.45. The van der Waals surface area contributed by atoms with E-state index in [1.54, 1.807) is 6.07 Å². The second-order valence-corrected chi connectivity index (χ2v) is 4.70. The first-order valence-electron chi connectivity index (χ1n) is 5.88. The fourth-order valence-electron chi connectivity index (χ4n) is 1.40. The van der Waals surface area contributed by atoms with Crippen LogP contribution in [0.1, 0.15) is 26.3 Å². The molecular formula is C13H17N3O2. The highest BCUT2D eigenvalue weighted by Crippen LogP contribution is 2.23. The number of hydrogen-bond donors (Lipinski definition) is 1. The van der Waals surface area contributed by atoms with Gasteiger partial charge in [-0.3, -0.25) is 10.1 Å². The zero-order valence-corrected chi connectivity index (χ0v) is 10.8. The van der Waals surface area contributed by atoms with Crippen molar-refractivity contribution in [2.75, 3.05) is 11.9 Å². The average molecular weight is 247 g/mol. The molecule has 0 heterocycles. The van der Waals surface area contributed by atoms with Gasteiger partial charge in [0.25, 0.3) is 5.69 Å². The Balaban J connectivity index is 2.83. The summed E-state index contributed by atoms with van der Waals surface area (Å²) < 4.78 is 0. The Hall–Kier alpha value is -2.09. The number of nitro groups is 1. The summed E-state index contributed by atoms with van der Waals surface area (Å²) in [7, 11) is 0. The van der Waals surface area contributed by atoms with Crippen LogP contribution >= 0.6 is 0 Å². The van der Waals surface area contributed by atoms with Crippen molar-refractivity contribution in [1.29, 1.82) is 5.26 Å². The second-order valence-electron chi connectivity index (χ2n) is 4.70. The molecule has 96 valence electrons. The molecule has 1 aromatic carbocycles. The molecule has 1 N–H and O–H groups in total. The minimum Gasteiger partial charge on any atom is -0.385 e. The molecule has 0 radical (unpaired) electrons. The van der Waals surface area contributed by atoms with E-state index in [9.17, 15) is 10.1 Å². The van der Waals surface area contributed by atoms with E-state index in [0.717, 1.165) is 6.54 Å². The number of nitriles is 1. The fourth-order valence-corrected chi connectivity index (χ4v) is 1.40. The van der Waals surface area contributed by atoms with Crippen LogP contribution in [0.4, 0.5) is 11.4 Å². The molecule has 0 aliphatic carbocycles. The SMILES string of the molecule is CC(C)C(C)CNc1ccc(C#N)c([N+](=O)[O-])c1. The van der Waals surface area contributed by atoms with Crippen molar-refractivity contribution in [3.8, 4) is 6.07 Å². The average Bonchev–Trinajstić information content (AvgIpc) is 2.35. The van der Waals surface area contributed by atoms with Gasteiger partial charge in [0.15, 0.2) is 0 Å². The third-order valence-electron chi connectivity index (χ3n) is 3.08. The van der Waals surface area contributed by atoms with E-state index in [1.165, 1.54) is 12.1 Å². The van der Waals surface area contributed by atoms with Crippen molar-refractivity contribution in [2.24, 2.45) is 11.8 Å². The highest BCUT2D eigenvalue weighted by molar-refractivity contribution is 5.59. The van der Waals surface area contributed by atoms with Crippen LogP contribution in [0.15, 0.2) is 18.2 Å². The van der Waals surface area contributed by atoms with E-state index in [-0.39, 0.29) is 11.3 Å². The van der Waals surface area contributed by atoms with Crippen LogP contribution in [0.25, 0.3) is 0 Å². The molecule has 1 aromatic rings. The Morgan fingerprint density at radius 1 is 1.44 bits per heavy atom. The van der Waals surface area contributed by atoms with Gasteiger partial charge in [-0.05, 0) is 24.0 Å². The van der Waals surface area contributed by atoms with Crippen molar-refractivity contribution >= 4 is 11.4 Å². The molecule has 0 aliphatic heterocycles. The molecule has 0 aromatic heterocycles. The predicted octanol–water partition coefficient (Wildman–Crippen LogP) is 3.17. The van der Waals surface area contributed by atoms with Gasteiger partial charge < -0.3 is 5.32 Å². The number of hydrogen-bond acceptors (Lipinski definition) is 4. The largest absolute Gasteiger partial charge is 0.385 e. The lowest BCUT2D eigenvalue weighted by Gasteiger charge is -2.16. The zero-order chi connectivity index (χ0) is 13.7. The van der Waals surface area contributed by atoms with Crippen LogP contribution in [0, 0.1) is 33.3 Å². The maximum absolute atomic E-state index is 10.8. The summed E-state index contributed by atoms with van der Waals surface area (Å²) in [6.07, 6.45) is 0. The normalized spacial score (nSPS) is 11.9. The summed E-state index contributed by atoms with van der Waals surface area (Å²) in [5.74, 6) is 1.02. The highest BCUT2D eigenvalue weighted by atomic mass is 16.6. The van der Waals surface area contributed by atoms with Crippen LogP contribution in [0.3, 0.4) is 0 Å². The van der Waals surface area contributed by atoms with Gasteiger partial charge >= 0.3 is 0 Å². The van der Waals surface area contributed by atoms with E-state index in [4.69, 9.17) is 5.26 Å². The molecule has 0 saturated heterocycles. The Bertz CT molecular complexity index is 478. The van der Waals surface area contributed by atoms with E-state index < -0.39 is 4.92 Å². The Kier molecular flexibility index (Phi) is 4.67. The number of nitro benzene ring substituents is 1. The quantitative estimate of drug-likeness (QED) is 0.640. The molecule has 0 aliphatic rings. The maximum atomic E-state index is 10.8. The van der Waals surface area contributed by atoms with E-state index in [2.05, 4.69) is 26.1 Å². The van der Waals surface area contributed by atoms with Crippen LogP contribution in [-0.2, 0) is 0 Å². The molecule has 5 heteroatoms. The number of nitrogens with zero attached hydrogens (tertiary/aromatic N) is 2. The Morgan fingerprint density at radius 3 is 2.61 bits per heavy atom. The third-order valence-corrected chi connectivity index (χ3v) is 3.08. The molecule has 1 atom stereocenters. The Labute approximate surface area is 107 Å². The van der Waals surface area contributed by atoms with Crippen LogP contribution < -0.4 is 5.32 Å². The first kappa shape index (κ1) is 14.0. The minimum absolute atomic E-state index is 0.0856. The maximum Gasteiger partial charge on any atom is 0.289 e. The highest BCUT2D eigenvalue weighted by Gasteiger charge is 2.14. The lowest BCUT2D eigenvalue weighted by Crippen LogP contribution is -2.16. The van der Waals surface area contributed by atoms with Gasteiger partial charge in [-0.2, -0.15) is 5.26 Å². The van der Waals surface area contributed by atoms with Gasteiger partial charge in [-0.25, -0.2) is 0 Å². The topological polar surface area (TPSA) is 79.0 Å². The summed E-state index contributed by atoms with van der Waals surface area (Å²) in [6, 6.07) is 6.39. The summed E-state index contributed by atoms with van der Waals surface area (Å²) in [5, 5.41) is 22.7. The lowest BCUT2D eigenvalue weighted by atomic mass is 9.98. The van der Waals surface area contributed by atoms with Crippen molar-refractivity contribution in [2.45, 2.75) is 20.8 Å². The van der Waals surface area contributed by atoms with Gasteiger partial charge in [-0.1, -0.05) is 20.8 Å². The van der Waals surface area contributed by atoms with Crippen molar-refractivity contribution in [3.63, 3.8) is 0 Å². The number of anilines is 1. The molecule has 1 rings (SSSR count). The van der Waals surface area contributed by atoms with Gasteiger partial charge in [0.1, 0.15) is 11.6 Å². The molecule has 0 spiro atoms. The molecule has 0 fully saturated rings. The van der Waals surface area contributed by atoms with E-state index in [0.29, 0.717) is 17.5 Å². The van der Waals surface area contributed by atoms with Gasteiger partial charge in [0.2, 0.25) is 0 Å². The number of rotatable bonds is 5. The number of nitrogens with one attached hydrogen (secondary N) is 1. The first-order valence-corrected chi connectivity index (χ1v) is 5.88. The monoisotopic (exact) mass is 247 g/mol. The lowest BCUT2D eigenvalue weighted by molar-refractivity contribution is -0.385. The molecular weight excluding hydrogens is 230 g/mol. The van der Waals surface area contributed by atoms with Crippen molar-refractivity contribution in [1.82, 2.24) is 0 Å². The molecule has 5 nitrogen and oxygen atoms in total. The second kappa shape index (κ2) is 6.01. The summed E-state index contributed by atoms with van der Waals surface area (Å²) >= 11 is 0. The summed E-state index contributed by atoms with van der Waals surface area (Å²) in [6.45, 7) is 7.14. The summed E-state index contributed by atoms with van der Waals surface area (Å²) in [4.78, 5) is 10.3. The smallest absolute Gasteiger partial charge is 0.289 e. The van der Waals surface area contributed by atoms with Crippen molar-refractivity contribution in [3.05, 3.63) is 33.9 Å². The van der Waals surface area contributed by atoms with Crippen LogP contribution in [0.2, 0.25) is 0 Å². The first-order chi connectivity index (χ1) is 8.45. The van der Waals surface area contributed by atoms with Gasteiger partial charge in [0, 0.05) is 18.3 Å². The minimum atomic E-state index is -0.532. The van der Waals surface area contributed by atoms with Crippen molar-refractivity contribution < 1.29 is 4.92 Å². The molecule has 0 saturated carbocycles. The predicted molar refractivity (Wildman–Crippen MR) is 70.3 cm³/mol. The summed E-state index contributed by atoms with van der Waals surface area (Å²) in [5.41, 5.74) is 0.607. The van der Waals surface area contributed by atoms with Crippen LogP contribution in [-0.4, -0.2) is 11.5 Å². The van der Waals surface area contributed by atoms with E-state index >= 15 is 0 Å². The molecule has 1 unspecified atom stereocenters. The van der Waals surface area contributed by atoms with E-state index in [1.807, 2.05) is 6.07 Å². The zero-order valence-electron chi connectivity index (χ0n) is 10.8. The molecule has 0 bridgehead atoms. The fraction of sp³-hybridized carbons (Fsp3) is 0.462. The Morgan fingerprint density at radius 2 is 2.11 bits per heavy atom. The molecule has 0 amide bonds.